The van der Waals surface area contributed by atoms with Gasteiger partial charge >= 0.3 is 0 Å². The molecular weight excluding hydrogens is 293 g/mol. The van der Waals surface area contributed by atoms with Gasteiger partial charge in [0.15, 0.2) is 12.6 Å². The molecule has 0 amide bonds. The van der Waals surface area contributed by atoms with E-state index in [0.717, 1.165) is 12.6 Å². The molecular formula is C19H20FNO2. The fraction of sp³-hybridized carbons (Fsp3) is 0.316. The van der Waals surface area contributed by atoms with E-state index in [1.807, 2.05) is 27.7 Å². The molecule has 0 aliphatic rings. The van der Waals surface area contributed by atoms with Crippen LogP contribution in [0, 0.1) is 5.82 Å². The minimum Gasteiger partial charge on any atom is -0.298 e. The van der Waals surface area contributed by atoms with Crippen molar-refractivity contribution < 1.29 is 14.0 Å². The second-order valence-corrected chi connectivity index (χ2v) is 6.14. The monoisotopic (exact) mass is 313 g/mol. The zero-order chi connectivity index (χ0) is 17.1. The van der Waals surface area contributed by atoms with Gasteiger partial charge in [-0.05, 0) is 29.5 Å². The Morgan fingerprint density at radius 3 is 1.65 bits per heavy atom. The highest BCUT2D eigenvalue weighted by Crippen LogP contribution is 2.34. The molecule has 23 heavy (non-hydrogen) atoms. The molecule has 0 spiro atoms. The molecule has 0 unspecified atom stereocenters. The van der Waals surface area contributed by atoms with E-state index >= 15 is 0 Å². The van der Waals surface area contributed by atoms with Gasteiger partial charge in [-0.15, -0.1) is 0 Å². The van der Waals surface area contributed by atoms with Gasteiger partial charge in [-0.1, -0.05) is 39.8 Å². The average molecular weight is 313 g/mol. The lowest BCUT2D eigenvalue weighted by atomic mass is 9.88. The van der Waals surface area contributed by atoms with E-state index in [2.05, 4.69) is 4.98 Å². The van der Waals surface area contributed by atoms with Gasteiger partial charge in [0.05, 0.1) is 11.4 Å². The molecule has 0 radical (unpaired) electrons. The van der Waals surface area contributed by atoms with E-state index < -0.39 is 0 Å². The number of nitrogens with zero attached hydrogens (tertiary/aromatic N) is 1. The predicted molar refractivity (Wildman–Crippen MR) is 88.6 cm³/mol. The molecule has 1 heterocycles. The molecule has 0 saturated heterocycles. The Kier molecular flexibility index (Phi) is 5.04. The number of hydrogen-bond acceptors (Lipinski definition) is 3. The van der Waals surface area contributed by atoms with Crippen LogP contribution in [0.4, 0.5) is 4.39 Å². The number of halogens is 1. The van der Waals surface area contributed by atoms with Crippen LogP contribution in [-0.2, 0) is 0 Å². The van der Waals surface area contributed by atoms with Crippen molar-refractivity contribution in [2.24, 2.45) is 0 Å². The molecule has 1 aromatic carbocycles. The standard InChI is InChI=1S/C19H20FNO2/c1-11(2)18-15(9-22)17(13-5-7-14(20)8-6-13)16(10-23)19(21-18)12(3)4/h5-12H,1-4H3. The fourth-order valence-electron chi connectivity index (χ4n) is 2.70. The van der Waals surface area contributed by atoms with Crippen LogP contribution in [0.1, 0.15) is 71.6 Å². The molecule has 0 saturated carbocycles. The summed E-state index contributed by atoms with van der Waals surface area (Å²) >= 11 is 0. The summed E-state index contributed by atoms with van der Waals surface area (Å²) in [5.74, 6) is -0.295. The Morgan fingerprint density at radius 2 is 1.30 bits per heavy atom. The van der Waals surface area contributed by atoms with Gasteiger partial charge in [-0.2, -0.15) is 0 Å². The maximum absolute atomic E-state index is 13.2. The van der Waals surface area contributed by atoms with E-state index in [1.54, 1.807) is 12.1 Å². The number of pyridine rings is 1. The predicted octanol–water partition coefficient (Wildman–Crippen LogP) is 4.76. The lowest BCUT2D eigenvalue weighted by Gasteiger charge is -2.20. The molecule has 0 fully saturated rings. The summed E-state index contributed by atoms with van der Waals surface area (Å²) in [4.78, 5) is 28.0. The molecule has 2 aromatic rings. The lowest BCUT2D eigenvalue weighted by molar-refractivity contribution is 0.112. The second-order valence-electron chi connectivity index (χ2n) is 6.14. The van der Waals surface area contributed by atoms with Gasteiger partial charge in [0.25, 0.3) is 0 Å². The van der Waals surface area contributed by atoms with E-state index in [-0.39, 0.29) is 17.7 Å². The summed E-state index contributed by atoms with van der Waals surface area (Å²) in [5, 5.41) is 0. The first kappa shape index (κ1) is 17.0. The van der Waals surface area contributed by atoms with Crippen molar-refractivity contribution in [3.63, 3.8) is 0 Å². The third kappa shape index (κ3) is 3.21. The fourth-order valence-corrected chi connectivity index (χ4v) is 2.70. The van der Waals surface area contributed by atoms with Crippen LogP contribution in [0.25, 0.3) is 11.1 Å². The SMILES string of the molecule is CC(C)c1nc(C(C)C)c(C=O)c(-c2ccc(F)cc2)c1C=O. The van der Waals surface area contributed by atoms with Gasteiger partial charge < -0.3 is 0 Å². The molecule has 0 aliphatic carbocycles. The third-order valence-electron chi connectivity index (χ3n) is 3.79. The summed E-state index contributed by atoms with van der Waals surface area (Å²) < 4.78 is 13.2. The normalized spacial score (nSPS) is 11.1. The Balaban J connectivity index is 2.92. The number of aldehydes is 2. The number of benzene rings is 1. The summed E-state index contributed by atoms with van der Waals surface area (Å²) in [5.41, 5.74) is 3.30. The Bertz CT molecular complexity index is 696. The summed E-state index contributed by atoms with van der Waals surface area (Å²) in [6, 6.07) is 5.81. The summed E-state index contributed by atoms with van der Waals surface area (Å²) in [6.07, 6.45) is 1.47. The maximum Gasteiger partial charge on any atom is 0.152 e. The number of aromatic nitrogens is 1. The molecule has 0 aliphatic heterocycles. The van der Waals surface area contributed by atoms with E-state index in [0.29, 0.717) is 33.6 Å². The van der Waals surface area contributed by atoms with Gasteiger partial charge in [0.1, 0.15) is 5.82 Å². The topological polar surface area (TPSA) is 47.0 Å². The van der Waals surface area contributed by atoms with Crippen molar-refractivity contribution in [3.05, 3.63) is 52.6 Å². The van der Waals surface area contributed by atoms with Crippen LogP contribution in [0.5, 0.6) is 0 Å². The summed E-state index contributed by atoms with van der Waals surface area (Å²) in [7, 11) is 0. The third-order valence-corrected chi connectivity index (χ3v) is 3.79. The molecule has 0 N–H and O–H groups in total. The first-order valence-electron chi connectivity index (χ1n) is 7.64. The number of carbonyl (C=O) groups excluding carboxylic acids is 2. The van der Waals surface area contributed by atoms with E-state index in [4.69, 9.17) is 0 Å². The molecule has 120 valence electrons. The van der Waals surface area contributed by atoms with Crippen molar-refractivity contribution in [2.75, 3.05) is 0 Å². The molecule has 3 nitrogen and oxygen atoms in total. The van der Waals surface area contributed by atoms with Crippen LogP contribution in [0.3, 0.4) is 0 Å². The van der Waals surface area contributed by atoms with E-state index in [1.165, 1.54) is 12.1 Å². The van der Waals surface area contributed by atoms with Crippen LogP contribution in [0.2, 0.25) is 0 Å². The number of carbonyl (C=O) groups is 2. The summed E-state index contributed by atoms with van der Waals surface area (Å²) in [6.45, 7) is 7.81. The molecule has 1 aromatic heterocycles. The van der Waals surface area contributed by atoms with Crippen molar-refractivity contribution in [1.82, 2.24) is 4.98 Å². The molecule has 0 atom stereocenters. The lowest BCUT2D eigenvalue weighted by Crippen LogP contribution is -2.11. The highest BCUT2D eigenvalue weighted by Gasteiger charge is 2.23. The van der Waals surface area contributed by atoms with Gasteiger partial charge in [0.2, 0.25) is 0 Å². The van der Waals surface area contributed by atoms with Gasteiger partial charge in [-0.25, -0.2) is 4.39 Å². The molecule has 4 heteroatoms. The second kappa shape index (κ2) is 6.82. The minimum absolute atomic E-state index is 0.0348. The smallest absolute Gasteiger partial charge is 0.152 e. The zero-order valence-electron chi connectivity index (χ0n) is 13.8. The zero-order valence-corrected chi connectivity index (χ0v) is 13.8. The highest BCUT2D eigenvalue weighted by molar-refractivity contribution is 5.98. The van der Waals surface area contributed by atoms with Crippen LogP contribution < -0.4 is 0 Å². The van der Waals surface area contributed by atoms with Crippen LogP contribution in [0.15, 0.2) is 24.3 Å². The maximum atomic E-state index is 13.2. The minimum atomic E-state index is -0.365. The average Bonchev–Trinajstić information content (AvgIpc) is 2.53. The van der Waals surface area contributed by atoms with Gasteiger partial charge in [0, 0.05) is 16.7 Å². The highest BCUT2D eigenvalue weighted by atomic mass is 19.1. The Hall–Kier alpha value is -2.36. The number of hydrogen-bond donors (Lipinski definition) is 0. The Labute approximate surface area is 135 Å². The Morgan fingerprint density at radius 1 is 0.870 bits per heavy atom. The van der Waals surface area contributed by atoms with Gasteiger partial charge in [-0.3, -0.25) is 14.6 Å². The van der Waals surface area contributed by atoms with Crippen LogP contribution >= 0.6 is 0 Å². The van der Waals surface area contributed by atoms with Crippen molar-refractivity contribution in [1.29, 1.82) is 0 Å². The van der Waals surface area contributed by atoms with Crippen molar-refractivity contribution in [3.8, 4) is 11.1 Å². The molecule has 0 bridgehead atoms. The van der Waals surface area contributed by atoms with Crippen molar-refractivity contribution >= 4 is 12.6 Å². The van der Waals surface area contributed by atoms with E-state index in [9.17, 15) is 14.0 Å². The first-order valence-corrected chi connectivity index (χ1v) is 7.64. The molecule has 2 rings (SSSR count). The number of rotatable bonds is 5. The van der Waals surface area contributed by atoms with Crippen LogP contribution in [-0.4, -0.2) is 17.6 Å². The largest absolute Gasteiger partial charge is 0.298 e. The quantitative estimate of drug-likeness (QED) is 0.748. The van der Waals surface area contributed by atoms with Crippen molar-refractivity contribution in [2.45, 2.75) is 39.5 Å². The first-order chi connectivity index (χ1) is 10.9.